The molecule has 2 aliphatic heterocycles. The van der Waals surface area contributed by atoms with E-state index in [1.807, 2.05) is 41.7 Å². The van der Waals surface area contributed by atoms with Gasteiger partial charge >= 0.3 is 0 Å². The van der Waals surface area contributed by atoms with Crippen LogP contribution in [0.15, 0.2) is 59.9 Å². The molecule has 31 heavy (non-hydrogen) atoms. The highest BCUT2D eigenvalue weighted by molar-refractivity contribution is 6.09. The molecule has 8 heteroatoms. The number of hydrogen-bond acceptors (Lipinski definition) is 8. The molecular formula is C23H25N7O. The Balaban J connectivity index is 1.36. The number of benzene rings is 1. The molecule has 1 saturated heterocycles. The fraction of sp³-hybridized carbons (Fsp3) is 0.261. The summed E-state index contributed by atoms with van der Waals surface area (Å²) in [6, 6.07) is 14.5. The molecule has 0 bridgehead atoms. The van der Waals surface area contributed by atoms with E-state index in [0.717, 1.165) is 65.3 Å². The maximum Gasteiger partial charge on any atom is 0.170 e. The number of aromatic nitrogens is 2. The Morgan fingerprint density at radius 2 is 2.13 bits per heavy atom. The number of fused-ring (bicyclic) bond motifs is 2. The molecule has 0 saturated carbocycles. The summed E-state index contributed by atoms with van der Waals surface area (Å²) >= 11 is 0. The first-order chi connectivity index (χ1) is 15.3. The molecule has 1 aromatic carbocycles. The standard InChI is InChI=1S/C23H25N7O/c24-13-18(14-26-19-7-10-31-11-8-19)21-5-6-22-23(27-21)30(29-28-22)15-16-3-4-20-17(12-16)2-1-9-25-20/h1-6,9,12-14,19,28-29H,7-8,10-11,15,24H2. The Bertz CT molecular complexity index is 1140. The molecule has 0 unspecified atom stereocenters. The Kier molecular flexibility index (Phi) is 5.47. The first-order valence-corrected chi connectivity index (χ1v) is 10.5. The third-order valence-corrected chi connectivity index (χ3v) is 5.56. The molecule has 0 radical (unpaired) electrons. The normalized spacial score (nSPS) is 17.3. The van der Waals surface area contributed by atoms with Crippen LogP contribution in [-0.2, 0) is 11.3 Å². The first-order valence-electron chi connectivity index (χ1n) is 10.5. The van der Waals surface area contributed by atoms with Gasteiger partial charge in [0.15, 0.2) is 5.82 Å². The number of hydrogen-bond donors (Lipinski definition) is 3. The summed E-state index contributed by atoms with van der Waals surface area (Å²) in [7, 11) is 0. The third kappa shape index (κ3) is 4.21. The van der Waals surface area contributed by atoms with Crippen LogP contribution < -0.4 is 21.7 Å². The molecule has 2 aliphatic rings. The highest BCUT2D eigenvalue weighted by Gasteiger charge is 2.21. The number of rotatable bonds is 5. The number of nitrogens with two attached hydrogens (primary N) is 1. The monoisotopic (exact) mass is 415 g/mol. The van der Waals surface area contributed by atoms with Gasteiger partial charge < -0.3 is 15.9 Å². The fourth-order valence-corrected chi connectivity index (χ4v) is 3.83. The molecule has 0 amide bonds. The van der Waals surface area contributed by atoms with E-state index in [1.165, 1.54) is 0 Å². The summed E-state index contributed by atoms with van der Waals surface area (Å²) in [5.74, 6) is 0.822. The molecule has 1 fully saturated rings. The van der Waals surface area contributed by atoms with Crippen molar-refractivity contribution in [3.8, 4) is 0 Å². The minimum absolute atomic E-state index is 0.278. The first kappa shape index (κ1) is 19.5. The molecule has 3 aromatic rings. The topological polar surface area (TPSA) is 101 Å². The highest BCUT2D eigenvalue weighted by Crippen LogP contribution is 2.30. The van der Waals surface area contributed by atoms with Gasteiger partial charge in [0.25, 0.3) is 0 Å². The Morgan fingerprint density at radius 1 is 1.23 bits per heavy atom. The molecule has 4 N–H and O–H groups in total. The van der Waals surface area contributed by atoms with E-state index in [2.05, 4.69) is 34.1 Å². The van der Waals surface area contributed by atoms with Crippen LogP contribution in [0.25, 0.3) is 16.5 Å². The SMILES string of the molecule is NC=C(C=NC1CCOCC1)c1ccc2c(n1)N(Cc1ccc3ncccc3c1)NN2. The average Bonchev–Trinajstić information content (AvgIpc) is 3.22. The maximum absolute atomic E-state index is 5.91. The van der Waals surface area contributed by atoms with Crippen molar-refractivity contribution in [1.29, 1.82) is 0 Å². The number of hydrazine groups is 2. The van der Waals surface area contributed by atoms with Gasteiger partial charge in [0.05, 0.1) is 29.5 Å². The number of nitrogens with one attached hydrogen (secondary N) is 2. The highest BCUT2D eigenvalue weighted by atomic mass is 16.5. The Hall–Kier alpha value is -3.49. The van der Waals surface area contributed by atoms with Gasteiger partial charge in [-0.25, -0.2) is 4.98 Å². The minimum atomic E-state index is 0.278. The van der Waals surface area contributed by atoms with Crippen molar-refractivity contribution in [3.05, 3.63) is 66.1 Å². The van der Waals surface area contributed by atoms with Crippen LogP contribution in [0.4, 0.5) is 11.5 Å². The van der Waals surface area contributed by atoms with Crippen LogP contribution >= 0.6 is 0 Å². The van der Waals surface area contributed by atoms with E-state index in [1.54, 1.807) is 6.20 Å². The van der Waals surface area contributed by atoms with Gasteiger partial charge in [0, 0.05) is 42.8 Å². The van der Waals surface area contributed by atoms with Gasteiger partial charge in [-0.1, -0.05) is 12.1 Å². The zero-order valence-corrected chi connectivity index (χ0v) is 17.2. The average molecular weight is 416 g/mol. The molecular weight excluding hydrogens is 390 g/mol. The number of ether oxygens (including phenoxy) is 1. The van der Waals surface area contributed by atoms with Crippen molar-refractivity contribution in [3.63, 3.8) is 0 Å². The van der Waals surface area contributed by atoms with Crippen LogP contribution in [0, 0.1) is 0 Å². The fourth-order valence-electron chi connectivity index (χ4n) is 3.83. The number of pyridine rings is 2. The molecule has 5 rings (SSSR count). The summed E-state index contributed by atoms with van der Waals surface area (Å²) in [6.45, 7) is 2.18. The zero-order chi connectivity index (χ0) is 21.0. The lowest BCUT2D eigenvalue weighted by atomic mass is 10.1. The van der Waals surface area contributed by atoms with Gasteiger partial charge in [0.1, 0.15) is 0 Å². The second-order valence-electron chi connectivity index (χ2n) is 7.66. The number of anilines is 2. The number of aliphatic imine (C=N–C) groups is 1. The minimum Gasteiger partial charge on any atom is -0.404 e. The zero-order valence-electron chi connectivity index (χ0n) is 17.2. The Morgan fingerprint density at radius 3 is 3.00 bits per heavy atom. The van der Waals surface area contributed by atoms with Crippen LogP contribution in [-0.4, -0.2) is 35.4 Å². The lowest BCUT2D eigenvalue weighted by molar-refractivity contribution is 0.0872. The molecule has 0 aliphatic carbocycles. The quantitative estimate of drug-likeness (QED) is 0.551. The summed E-state index contributed by atoms with van der Waals surface area (Å²) < 4.78 is 5.40. The van der Waals surface area contributed by atoms with Gasteiger partial charge in [-0.15, -0.1) is 5.53 Å². The van der Waals surface area contributed by atoms with Crippen LogP contribution in [0.5, 0.6) is 0 Å². The van der Waals surface area contributed by atoms with Crippen molar-refractivity contribution in [2.24, 2.45) is 10.7 Å². The summed E-state index contributed by atoms with van der Waals surface area (Å²) in [6.07, 6.45) is 7.09. The second-order valence-corrected chi connectivity index (χ2v) is 7.66. The molecule has 2 aromatic heterocycles. The van der Waals surface area contributed by atoms with Crippen LogP contribution in [0.1, 0.15) is 24.1 Å². The predicted molar refractivity (Wildman–Crippen MR) is 123 cm³/mol. The van der Waals surface area contributed by atoms with Crippen molar-refractivity contribution in [1.82, 2.24) is 15.5 Å². The Labute approximate surface area is 180 Å². The number of allylic oxidation sites excluding steroid dienone is 1. The van der Waals surface area contributed by atoms with Gasteiger partial charge in [0.2, 0.25) is 0 Å². The van der Waals surface area contributed by atoms with E-state index in [-0.39, 0.29) is 6.04 Å². The molecule has 0 atom stereocenters. The number of nitrogens with zero attached hydrogens (tertiary/aromatic N) is 4. The summed E-state index contributed by atoms with van der Waals surface area (Å²) in [5, 5.41) is 3.10. The molecule has 0 spiro atoms. The van der Waals surface area contributed by atoms with Crippen molar-refractivity contribution >= 4 is 34.2 Å². The van der Waals surface area contributed by atoms with Crippen LogP contribution in [0.2, 0.25) is 0 Å². The molecule has 8 nitrogen and oxygen atoms in total. The van der Waals surface area contributed by atoms with E-state index in [9.17, 15) is 0 Å². The second kappa shape index (κ2) is 8.71. The van der Waals surface area contributed by atoms with E-state index >= 15 is 0 Å². The van der Waals surface area contributed by atoms with E-state index < -0.39 is 0 Å². The largest absolute Gasteiger partial charge is 0.404 e. The molecule has 4 heterocycles. The van der Waals surface area contributed by atoms with Crippen molar-refractivity contribution < 1.29 is 4.74 Å². The summed E-state index contributed by atoms with van der Waals surface area (Å²) in [5.41, 5.74) is 16.9. The van der Waals surface area contributed by atoms with Crippen molar-refractivity contribution in [2.45, 2.75) is 25.4 Å². The van der Waals surface area contributed by atoms with Crippen molar-refractivity contribution in [2.75, 3.05) is 23.6 Å². The van der Waals surface area contributed by atoms with Gasteiger partial charge in [-0.05, 0) is 48.7 Å². The van der Waals surface area contributed by atoms with E-state index in [4.69, 9.17) is 20.4 Å². The molecule has 158 valence electrons. The van der Waals surface area contributed by atoms with E-state index in [0.29, 0.717) is 6.54 Å². The summed E-state index contributed by atoms with van der Waals surface area (Å²) in [4.78, 5) is 13.9. The van der Waals surface area contributed by atoms with Gasteiger partial charge in [-0.2, -0.15) is 0 Å². The maximum atomic E-state index is 5.91. The lowest BCUT2D eigenvalue weighted by Gasteiger charge is -2.18. The van der Waals surface area contributed by atoms with Crippen LogP contribution in [0.3, 0.4) is 0 Å². The smallest absolute Gasteiger partial charge is 0.170 e. The third-order valence-electron chi connectivity index (χ3n) is 5.56. The predicted octanol–water partition coefficient (Wildman–Crippen LogP) is 3.03. The lowest BCUT2D eigenvalue weighted by Crippen LogP contribution is -2.35. The van der Waals surface area contributed by atoms with Gasteiger partial charge in [-0.3, -0.25) is 15.0 Å².